The maximum atomic E-state index is 13.0. The molecule has 1 aromatic carbocycles. The van der Waals surface area contributed by atoms with Crippen LogP contribution in [0.25, 0.3) is 0 Å². The number of rotatable bonds is 4. The summed E-state index contributed by atoms with van der Waals surface area (Å²) in [5.74, 6) is -0.703. The zero-order chi connectivity index (χ0) is 22.1. The van der Waals surface area contributed by atoms with Gasteiger partial charge >= 0.3 is 12.4 Å². The molecule has 0 saturated heterocycles. The van der Waals surface area contributed by atoms with E-state index in [1.54, 1.807) is 0 Å². The summed E-state index contributed by atoms with van der Waals surface area (Å²) in [5.41, 5.74) is -3.65. The van der Waals surface area contributed by atoms with E-state index in [9.17, 15) is 35.9 Å². The number of carbonyl (C=O) groups excluding carboxylic acids is 1. The van der Waals surface area contributed by atoms with Gasteiger partial charge < -0.3 is 0 Å². The average molecular weight is 448 g/mol. The first-order chi connectivity index (χ1) is 13.9. The molecule has 0 fully saturated rings. The van der Waals surface area contributed by atoms with Crippen molar-refractivity contribution in [1.29, 1.82) is 0 Å². The van der Waals surface area contributed by atoms with Crippen molar-refractivity contribution in [1.82, 2.24) is 15.2 Å². The third kappa shape index (κ3) is 5.23. The number of halogens is 6. The third-order valence-corrected chi connectivity index (χ3v) is 4.62. The predicted molar refractivity (Wildman–Crippen MR) is 94.2 cm³/mol. The molecular weight excluding hydrogens is 438 g/mol. The number of aromatic amines is 1. The van der Waals surface area contributed by atoms with Crippen LogP contribution in [0.15, 0.2) is 41.3 Å². The summed E-state index contributed by atoms with van der Waals surface area (Å²) in [5, 5.41) is 8.04. The quantitative estimate of drug-likeness (QED) is 0.589. The van der Waals surface area contributed by atoms with E-state index in [1.807, 2.05) is 0 Å². The van der Waals surface area contributed by atoms with Gasteiger partial charge in [-0.3, -0.25) is 14.9 Å². The smallest absolute Gasteiger partial charge is 0.296 e. The molecule has 0 unspecified atom stereocenters. The molecule has 3 aromatic rings. The first kappa shape index (κ1) is 21.5. The topological polar surface area (TPSA) is 87.7 Å². The SMILES string of the molecule is O=C(Nc1ncc(Cc2cc(C(F)(F)F)cc(C(F)(F)F)c2)s1)c1ccc(=O)[nH]n1. The first-order valence-electron chi connectivity index (χ1n) is 8.02. The number of hydrogen-bond donors (Lipinski definition) is 2. The monoisotopic (exact) mass is 448 g/mol. The maximum absolute atomic E-state index is 13.0. The molecule has 0 aliphatic heterocycles. The minimum Gasteiger partial charge on any atom is -0.296 e. The summed E-state index contributed by atoms with van der Waals surface area (Å²) in [7, 11) is 0. The lowest BCUT2D eigenvalue weighted by atomic mass is 10.0. The number of nitrogens with one attached hydrogen (secondary N) is 2. The molecule has 0 saturated carbocycles. The van der Waals surface area contributed by atoms with E-state index in [0.29, 0.717) is 17.0 Å². The molecule has 13 heteroatoms. The average Bonchev–Trinajstić information content (AvgIpc) is 3.07. The fourth-order valence-electron chi connectivity index (χ4n) is 2.40. The summed E-state index contributed by atoms with van der Waals surface area (Å²) in [6.45, 7) is 0. The Morgan fingerprint density at radius 2 is 1.67 bits per heavy atom. The van der Waals surface area contributed by atoms with Gasteiger partial charge in [-0.05, 0) is 29.8 Å². The van der Waals surface area contributed by atoms with Crippen molar-refractivity contribution in [2.45, 2.75) is 18.8 Å². The van der Waals surface area contributed by atoms with Crippen molar-refractivity contribution in [3.63, 3.8) is 0 Å². The second-order valence-electron chi connectivity index (χ2n) is 5.98. The molecule has 6 nitrogen and oxygen atoms in total. The van der Waals surface area contributed by atoms with Gasteiger partial charge in [-0.2, -0.15) is 31.4 Å². The molecule has 3 rings (SSSR count). The Kier molecular flexibility index (Phi) is 5.65. The highest BCUT2D eigenvalue weighted by Gasteiger charge is 2.36. The second kappa shape index (κ2) is 7.89. The van der Waals surface area contributed by atoms with Gasteiger partial charge in [-0.15, -0.1) is 11.3 Å². The zero-order valence-corrected chi connectivity index (χ0v) is 15.4. The van der Waals surface area contributed by atoms with Crippen molar-refractivity contribution < 1.29 is 31.1 Å². The molecule has 0 spiro atoms. The van der Waals surface area contributed by atoms with Crippen LogP contribution in [0.2, 0.25) is 0 Å². The van der Waals surface area contributed by atoms with Crippen molar-refractivity contribution in [3.8, 4) is 0 Å². The maximum Gasteiger partial charge on any atom is 0.416 e. The Bertz CT molecular complexity index is 1080. The van der Waals surface area contributed by atoms with Crippen LogP contribution in [0.5, 0.6) is 0 Å². The number of carbonyl (C=O) groups is 1. The molecule has 2 aromatic heterocycles. The number of amides is 1. The van der Waals surface area contributed by atoms with E-state index in [4.69, 9.17) is 0 Å². The summed E-state index contributed by atoms with van der Waals surface area (Å²) < 4.78 is 77.7. The highest BCUT2D eigenvalue weighted by Crippen LogP contribution is 2.37. The molecule has 158 valence electrons. The summed E-state index contributed by atoms with van der Waals surface area (Å²) >= 11 is 0.875. The van der Waals surface area contributed by atoms with Gasteiger partial charge in [-0.25, -0.2) is 10.1 Å². The number of alkyl halides is 6. The van der Waals surface area contributed by atoms with Crippen LogP contribution >= 0.6 is 11.3 Å². The summed E-state index contributed by atoms with van der Waals surface area (Å²) in [4.78, 5) is 27.2. The lowest BCUT2D eigenvalue weighted by Gasteiger charge is -2.13. The Morgan fingerprint density at radius 1 is 1.03 bits per heavy atom. The number of benzene rings is 1. The van der Waals surface area contributed by atoms with Crippen LogP contribution in [0.4, 0.5) is 31.5 Å². The van der Waals surface area contributed by atoms with Crippen LogP contribution < -0.4 is 10.9 Å². The largest absolute Gasteiger partial charge is 0.416 e. The number of H-pyrrole nitrogens is 1. The van der Waals surface area contributed by atoms with Gasteiger partial charge in [0, 0.05) is 23.6 Å². The van der Waals surface area contributed by atoms with E-state index < -0.39 is 34.9 Å². The lowest BCUT2D eigenvalue weighted by molar-refractivity contribution is -0.143. The molecule has 0 bridgehead atoms. The fourth-order valence-corrected chi connectivity index (χ4v) is 3.24. The fraction of sp³-hybridized carbons (Fsp3) is 0.176. The van der Waals surface area contributed by atoms with Crippen LogP contribution in [0.3, 0.4) is 0 Å². The molecule has 0 atom stereocenters. The van der Waals surface area contributed by atoms with Gasteiger partial charge in [-0.1, -0.05) is 0 Å². The highest BCUT2D eigenvalue weighted by molar-refractivity contribution is 7.15. The number of nitrogens with zero attached hydrogens (tertiary/aromatic N) is 2. The number of anilines is 1. The summed E-state index contributed by atoms with van der Waals surface area (Å²) in [6, 6.07) is 3.58. The highest BCUT2D eigenvalue weighted by atomic mass is 32.1. The Labute approximate surface area is 167 Å². The first-order valence-corrected chi connectivity index (χ1v) is 8.83. The van der Waals surface area contributed by atoms with Crippen LogP contribution in [0, 0.1) is 0 Å². The summed E-state index contributed by atoms with van der Waals surface area (Å²) in [6.07, 6.45) is -8.90. The number of thiazole rings is 1. The van der Waals surface area contributed by atoms with Crippen molar-refractivity contribution in [3.05, 3.63) is 74.1 Å². The molecule has 1 amide bonds. The molecule has 30 heavy (non-hydrogen) atoms. The minimum atomic E-state index is -4.94. The third-order valence-electron chi connectivity index (χ3n) is 3.71. The minimum absolute atomic E-state index is 0.0546. The Balaban J connectivity index is 1.80. The molecule has 2 N–H and O–H groups in total. The van der Waals surface area contributed by atoms with Crippen LogP contribution in [0.1, 0.15) is 32.1 Å². The van der Waals surface area contributed by atoms with E-state index in [0.717, 1.165) is 17.4 Å². The molecule has 2 heterocycles. The number of hydrogen-bond acceptors (Lipinski definition) is 5. The van der Waals surface area contributed by atoms with E-state index in [-0.39, 0.29) is 28.9 Å². The van der Waals surface area contributed by atoms with Crippen molar-refractivity contribution in [2.24, 2.45) is 0 Å². The van der Waals surface area contributed by atoms with Gasteiger partial charge in [0.15, 0.2) is 5.13 Å². The molecule has 0 aliphatic carbocycles. The van der Waals surface area contributed by atoms with Gasteiger partial charge in [0.2, 0.25) is 0 Å². The second-order valence-corrected chi connectivity index (χ2v) is 7.10. The Morgan fingerprint density at radius 3 is 2.20 bits per heavy atom. The zero-order valence-electron chi connectivity index (χ0n) is 14.6. The normalized spacial score (nSPS) is 12.1. The van der Waals surface area contributed by atoms with E-state index in [1.165, 1.54) is 12.3 Å². The van der Waals surface area contributed by atoms with Gasteiger partial charge in [0.25, 0.3) is 11.5 Å². The van der Waals surface area contributed by atoms with Crippen LogP contribution in [-0.4, -0.2) is 21.1 Å². The van der Waals surface area contributed by atoms with Crippen molar-refractivity contribution in [2.75, 3.05) is 5.32 Å². The van der Waals surface area contributed by atoms with Gasteiger partial charge in [0.1, 0.15) is 5.69 Å². The van der Waals surface area contributed by atoms with E-state index >= 15 is 0 Å². The predicted octanol–water partition coefficient (Wildman–Crippen LogP) is 4.11. The number of aromatic nitrogens is 3. The lowest BCUT2D eigenvalue weighted by Crippen LogP contribution is -2.17. The molecule has 0 radical (unpaired) electrons. The standard InChI is InChI=1S/C17H10F6N4O2S/c18-16(19,20)9-3-8(4-10(6-9)17(21,22)23)5-11-7-24-15(30-11)25-14(29)12-1-2-13(28)27-26-12/h1-4,6-7H,5H2,(H,27,28)(H,24,25,29). The molecular formula is C17H10F6N4O2S. The van der Waals surface area contributed by atoms with Crippen LogP contribution in [-0.2, 0) is 18.8 Å². The van der Waals surface area contributed by atoms with Gasteiger partial charge in [0.05, 0.1) is 11.1 Å². The van der Waals surface area contributed by atoms with Crippen molar-refractivity contribution >= 4 is 22.4 Å². The Hall–Kier alpha value is -3.22. The van der Waals surface area contributed by atoms with E-state index in [2.05, 4.69) is 20.5 Å². The molecule has 0 aliphatic rings.